The van der Waals surface area contributed by atoms with Crippen LogP contribution >= 0.6 is 0 Å². The highest BCUT2D eigenvalue weighted by atomic mass is 15.0. The molecule has 0 heterocycles. The summed E-state index contributed by atoms with van der Waals surface area (Å²) in [6, 6.07) is 28.5. The third kappa shape index (κ3) is 14.0. The van der Waals surface area contributed by atoms with Crippen LogP contribution in [0.25, 0.3) is 0 Å². The SMILES string of the molecule is CCCCCNC1C(CC2CCCCCCCCCCC2)CCCCC(c2ccccccccccccc2)C1N. The topological polar surface area (TPSA) is 38.0 Å². The van der Waals surface area contributed by atoms with Gasteiger partial charge in [0.15, 0.2) is 0 Å². The van der Waals surface area contributed by atoms with E-state index in [2.05, 4.69) is 91.1 Å². The molecule has 1 aromatic rings. The molecule has 4 unspecified atom stereocenters. The van der Waals surface area contributed by atoms with Crippen molar-refractivity contribution in [2.45, 2.75) is 147 Å². The second-order valence-corrected chi connectivity index (χ2v) is 13.2. The van der Waals surface area contributed by atoms with Crippen LogP contribution in [0.1, 0.15) is 140 Å². The molecule has 42 heavy (non-hydrogen) atoms. The summed E-state index contributed by atoms with van der Waals surface area (Å²) in [6.07, 6.45) is 26.2. The molecule has 234 valence electrons. The van der Waals surface area contributed by atoms with Gasteiger partial charge < -0.3 is 11.1 Å². The van der Waals surface area contributed by atoms with E-state index in [9.17, 15) is 0 Å². The molecule has 0 radical (unpaired) electrons. The van der Waals surface area contributed by atoms with Crippen LogP contribution in [0.15, 0.2) is 78.9 Å². The molecule has 1 aromatic carbocycles. The molecule has 2 heteroatoms. The lowest BCUT2D eigenvalue weighted by atomic mass is 9.72. The number of hydrogen-bond acceptors (Lipinski definition) is 2. The second kappa shape index (κ2) is 22.6. The molecule has 0 aromatic heterocycles. The van der Waals surface area contributed by atoms with Gasteiger partial charge in [0.25, 0.3) is 0 Å². The van der Waals surface area contributed by atoms with Crippen LogP contribution in [0.4, 0.5) is 0 Å². The summed E-state index contributed by atoms with van der Waals surface area (Å²) in [5.41, 5.74) is 8.80. The zero-order valence-corrected chi connectivity index (χ0v) is 27.1. The van der Waals surface area contributed by atoms with E-state index in [-0.39, 0.29) is 6.04 Å². The predicted molar refractivity (Wildman–Crippen MR) is 185 cm³/mol. The van der Waals surface area contributed by atoms with E-state index in [1.165, 1.54) is 128 Å². The zero-order valence-electron chi connectivity index (χ0n) is 27.1. The van der Waals surface area contributed by atoms with Crippen molar-refractivity contribution in [2.75, 3.05) is 6.54 Å². The monoisotopic (exact) mass is 573 g/mol. The highest BCUT2D eigenvalue weighted by Crippen LogP contribution is 2.37. The minimum atomic E-state index is 0.133. The Labute approximate surface area is 260 Å². The van der Waals surface area contributed by atoms with Crippen molar-refractivity contribution >= 4 is 0 Å². The van der Waals surface area contributed by atoms with Gasteiger partial charge in [0.05, 0.1) is 0 Å². The van der Waals surface area contributed by atoms with Gasteiger partial charge in [-0.25, -0.2) is 0 Å². The van der Waals surface area contributed by atoms with Crippen LogP contribution in [0.2, 0.25) is 0 Å². The number of hydrogen-bond donors (Lipinski definition) is 2. The highest BCUT2D eigenvalue weighted by Gasteiger charge is 2.35. The van der Waals surface area contributed by atoms with Crippen LogP contribution in [-0.2, 0) is 0 Å². The zero-order chi connectivity index (χ0) is 29.5. The maximum absolute atomic E-state index is 7.42. The molecule has 2 fully saturated rings. The Bertz CT molecular complexity index is 879. The van der Waals surface area contributed by atoms with Gasteiger partial charge in [0.1, 0.15) is 0 Å². The first kappa shape index (κ1) is 34.6. The van der Waals surface area contributed by atoms with Gasteiger partial charge in [-0.3, -0.25) is 0 Å². The van der Waals surface area contributed by atoms with E-state index in [1.807, 2.05) is 0 Å². The van der Waals surface area contributed by atoms with Crippen LogP contribution in [0.5, 0.6) is 0 Å². The number of rotatable bonds is 8. The van der Waals surface area contributed by atoms with E-state index >= 15 is 0 Å². The average Bonchev–Trinajstić information content (AvgIpc) is 2.98. The van der Waals surface area contributed by atoms with Crippen molar-refractivity contribution in [3.8, 4) is 0 Å². The van der Waals surface area contributed by atoms with Crippen LogP contribution in [0, 0.1) is 11.8 Å². The van der Waals surface area contributed by atoms with E-state index in [0.29, 0.717) is 17.9 Å². The Balaban J connectivity index is 1.86. The largest absolute Gasteiger partial charge is 0.326 e. The van der Waals surface area contributed by atoms with Crippen molar-refractivity contribution in [1.82, 2.24) is 5.32 Å². The molecule has 0 saturated heterocycles. The van der Waals surface area contributed by atoms with Gasteiger partial charge in [-0.2, -0.15) is 0 Å². The lowest BCUT2D eigenvalue weighted by Crippen LogP contribution is -2.53. The summed E-state index contributed by atoms with van der Waals surface area (Å²) in [5.74, 6) is 1.92. The van der Waals surface area contributed by atoms with Gasteiger partial charge in [-0.1, -0.05) is 182 Å². The normalized spacial score (nSPS) is 24.9. The first-order valence-corrected chi connectivity index (χ1v) is 18.0. The number of nitrogens with one attached hydrogen (secondary N) is 1. The quantitative estimate of drug-likeness (QED) is 0.304. The Kier molecular flexibility index (Phi) is 18.6. The molecule has 2 nitrogen and oxygen atoms in total. The summed E-state index contributed by atoms with van der Waals surface area (Å²) in [6.45, 7) is 3.40. The van der Waals surface area contributed by atoms with Crippen LogP contribution in [-0.4, -0.2) is 18.6 Å². The predicted octanol–water partition coefficient (Wildman–Crippen LogP) is 11.0. The summed E-state index contributed by atoms with van der Waals surface area (Å²) < 4.78 is 0. The van der Waals surface area contributed by atoms with Crippen molar-refractivity contribution in [2.24, 2.45) is 17.6 Å². The van der Waals surface area contributed by atoms with Crippen molar-refractivity contribution in [3.05, 3.63) is 84.4 Å². The first-order chi connectivity index (χ1) is 20.8. The summed E-state index contributed by atoms with van der Waals surface area (Å²) >= 11 is 0. The number of unbranched alkanes of at least 4 members (excludes halogenated alkanes) is 2. The lowest BCUT2D eigenvalue weighted by Gasteiger charge is -2.40. The third-order valence-corrected chi connectivity index (χ3v) is 9.87. The van der Waals surface area contributed by atoms with Gasteiger partial charge in [0.2, 0.25) is 0 Å². The van der Waals surface area contributed by atoms with Crippen molar-refractivity contribution in [1.29, 1.82) is 0 Å². The molecule has 0 amide bonds. The molecule has 2 aliphatic rings. The Hall–Kier alpha value is -1.90. The minimum absolute atomic E-state index is 0.133. The van der Waals surface area contributed by atoms with Crippen molar-refractivity contribution < 1.29 is 0 Å². The molecule has 2 aliphatic carbocycles. The standard InChI is InChI=1S/C40H64N2/c1-2-3-26-33-42-40-37(34-35-27-20-16-12-8-7-9-13-17-21-28-35)31-24-25-32-38(39(40)41)36-29-22-18-14-10-5-4-6-11-15-19-23-30-36/h4-6,10-11,14-15,18-19,22-23,29-30,35,37-40,42H,2-3,7-9,12-13,16-17,20-21,24-28,31-34,41H2,1H3. The lowest BCUT2D eigenvalue weighted by molar-refractivity contribution is 0.193. The maximum Gasteiger partial charge on any atom is 0.0266 e. The molecule has 0 spiro atoms. The average molecular weight is 573 g/mol. The van der Waals surface area contributed by atoms with Crippen LogP contribution < -0.4 is 11.1 Å². The van der Waals surface area contributed by atoms with Crippen molar-refractivity contribution in [3.63, 3.8) is 0 Å². The molecule has 3 rings (SSSR count). The van der Waals surface area contributed by atoms with Gasteiger partial charge >= 0.3 is 0 Å². The molecular weight excluding hydrogens is 508 g/mol. The fraction of sp³-hybridized carbons (Fsp3) is 0.650. The highest BCUT2D eigenvalue weighted by molar-refractivity contribution is 5.20. The first-order valence-electron chi connectivity index (χ1n) is 18.0. The number of nitrogens with two attached hydrogens (primary N) is 1. The molecule has 3 N–H and O–H groups in total. The molecule has 4 atom stereocenters. The summed E-state index contributed by atoms with van der Waals surface area (Å²) in [7, 11) is 0. The Morgan fingerprint density at radius 2 is 1.07 bits per heavy atom. The van der Waals surface area contributed by atoms with E-state index < -0.39 is 0 Å². The summed E-state index contributed by atoms with van der Waals surface area (Å²) in [4.78, 5) is 0. The Morgan fingerprint density at radius 3 is 1.62 bits per heavy atom. The van der Waals surface area contributed by atoms with Gasteiger partial charge in [-0.15, -0.1) is 0 Å². The molecular formula is C40H64N2. The maximum atomic E-state index is 7.42. The smallest absolute Gasteiger partial charge is 0.0266 e. The van der Waals surface area contributed by atoms with E-state index in [1.54, 1.807) is 0 Å². The van der Waals surface area contributed by atoms with E-state index in [4.69, 9.17) is 5.73 Å². The van der Waals surface area contributed by atoms with Gasteiger partial charge in [0, 0.05) is 18.0 Å². The summed E-state index contributed by atoms with van der Waals surface area (Å²) in [5, 5.41) is 4.10. The molecule has 0 bridgehead atoms. The molecule has 0 aliphatic heterocycles. The fourth-order valence-corrected chi connectivity index (χ4v) is 7.43. The van der Waals surface area contributed by atoms with Crippen LogP contribution in [0.3, 0.4) is 0 Å². The van der Waals surface area contributed by atoms with E-state index in [0.717, 1.165) is 12.5 Å². The molecule has 2 saturated carbocycles. The van der Waals surface area contributed by atoms with Gasteiger partial charge in [-0.05, 0) is 49.6 Å². The third-order valence-electron chi connectivity index (χ3n) is 9.87. The minimum Gasteiger partial charge on any atom is -0.326 e. The Morgan fingerprint density at radius 1 is 0.595 bits per heavy atom. The second-order valence-electron chi connectivity index (χ2n) is 13.2. The fourth-order valence-electron chi connectivity index (χ4n) is 7.43.